The standard InChI is InChI=1S/C22H28N4O5/c1-14-5-3-4-10-26(14)22(31)24-18(21(29)30)11-15-6-8-16(9-7-15)19-17(13-27)12-23-25(2)20(19)28/h6-9,12,14,18,27H,3-5,10-11,13H2,1-2H3,(H,24,31)(H,29,30)/t14?,18-/m0/s1. The van der Waals surface area contributed by atoms with E-state index in [9.17, 15) is 24.6 Å². The van der Waals surface area contributed by atoms with Gasteiger partial charge in [0.25, 0.3) is 5.56 Å². The third kappa shape index (κ3) is 5.11. The van der Waals surface area contributed by atoms with Crippen LogP contribution in [0.5, 0.6) is 0 Å². The summed E-state index contributed by atoms with van der Waals surface area (Å²) in [5.41, 5.74) is 1.76. The highest BCUT2D eigenvalue weighted by Gasteiger charge is 2.27. The molecule has 1 aromatic heterocycles. The number of piperidine rings is 1. The molecule has 1 aliphatic heterocycles. The van der Waals surface area contributed by atoms with Crippen LogP contribution >= 0.6 is 0 Å². The summed E-state index contributed by atoms with van der Waals surface area (Å²) in [4.78, 5) is 38.5. The van der Waals surface area contributed by atoms with Gasteiger partial charge in [0.05, 0.1) is 18.4 Å². The van der Waals surface area contributed by atoms with Crippen molar-refractivity contribution in [1.29, 1.82) is 0 Å². The van der Waals surface area contributed by atoms with E-state index in [0.717, 1.165) is 19.3 Å². The van der Waals surface area contributed by atoms with Crippen molar-refractivity contribution in [1.82, 2.24) is 20.0 Å². The Morgan fingerprint density at radius 3 is 2.58 bits per heavy atom. The highest BCUT2D eigenvalue weighted by Crippen LogP contribution is 2.21. The van der Waals surface area contributed by atoms with Gasteiger partial charge in [0.2, 0.25) is 0 Å². The average molecular weight is 428 g/mol. The lowest BCUT2D eigenvalue weighted by Gasteiger charge is -2.34. The predicted octanol–water partition coefficient (Wildman–Crippen LogP) is 1.52. The lowest BCUT2D eigenvalue weighted by atomic mass is 9.99. The van der Waals surface area contributed by atoms with Gasteiger partial charge in [0, 0.05) is 31.6 Å². The van der Waals surface area contributed by atoms with Gasteiger partial charge in [-0.15, -0.1) is 0 Å². The van der Waals surface area contributed by atoms with E-state index >= 15 is 0 Å². The van der Waals surface area contributed by atoms with Crippen LogP contribution in [-0.4, -0.2) is 55.5 Å². The summed E-state index contributed by atoms with van der Waals surface area (Å²) >= 11 is 0. The third-order valence-corrected chi connectivity index (χ3v) is 5.73. The molecule has 0 bridgehead atoms. The molecule has 9 nitrogen and oxygen atoms in total. The van der Waals surface area contributed by atoms with Crippen molar-refractivity contribution in [3.05, 3.63) is 51.9 Å². The predicted molar refractivity (Wildman–Crippen MR) is 115 cm³/mol. The number of nitrogens with zero attached hydrogens (tertiary/aromatic N) is 3. The van der Waals surface area contributed by atoms with Crippen LogP contribution < -0.4 is 10.9 Å². The molecule has 0 aliphatic carbocycles. The van der Waals surface area contributed by atoms with Gasteiger partial charge in [-0.25, -0.2) is 14.3 Å². The second-order valence-corrected chi connectivity index (χ2v) is 7.91. The van der Waals surface area contributed by atoms with Crippen molar-refractivity contribution in [2.45, 2.75) is 51.3 Å². The minimum atomic E-state index is -1.10. The fourth-order valence-electron chi connectivity index (χ4n) is 3.88. The fraction of sp³-hybridized carbons (Fsp3) is 0.455. The maximum Gasteiger partial charge on any atom is 0.326 e. The maximum absolute atomic E-state index is 12.6. The summed E-state index contributed by atoms with van der Waals surface area (Å²) in [6.07, 6.45) is 4.46. The summed E-state index contributed by atoms with van der Waals surface area (Å²) in [5.74, 6) is -1.10. The monoisotopic (exact) mass is 428 g/mol. The number of nitrogens with one attached hydrogen (secondary N) is 1. The molecule has 2 atom stereocenters. The number of hydrogen-bond acceptors (Lipinski definition) is 5. The van der Waals surface area contributed by atoms with Crippen molar-refractivity contribution in [3.8, 4) is 11.1 Å². The molecule has 0 radical (unpaired) electrons. The first-order chi connectivity index (χ1) is 14.8. The molecule has 3 N–H and O–H groups in total. The summed E-state index contributed by atoms with van der Waals surface area (Å²) in [6, 6.07) is 5.53. The molecule has 3 rings (SSSR count). The number of likely N-dealkylation sites (tertiary alicyclic amines) is 1. The summed E-state index contributed by atoms with van der Waals surface area (Å²) < 4.78 is 1.19. The van der Waals surface area contributed by atoms with E-state index in [1.807, 2.05) is 6.92 Å². The zero-order valence-electron chi connectivity index (χ0n) is 17.7. The molecule has 9 heteroatoms. The molecule has 0 saturated carbocycles. The molecule has 1 aromatic carbocycles. The van der Waals surface area contributed by atoms with Crippen LogP contribution in [0.15, 0.2) is 35.3 Å². The number of urea groups is 1. The lowest BCUT2D eigenvalue weighted by Crippen LogP contribution is -2.52. The Morgan fingerprint density at radius 1 is 1.26 bits per heavy atom. The third-order valence-electron chi connectivity index (χ3n) is 5.73. The normalized spacial score (nSPS) is 17.3. The van der Waals surface area contributed by atoms with E-state index in [4.69, 9.17) is 0 Å². The molecule has 1 saturated heterocycles. The first kappa shape index (κ1) is 22.5. The Hall–Kier alpha value is -3.20. The molecule has 1 aliphatic rings. The number of carboxylic acids is 1. The molecule has 2 aromatic rings. The smallest absolute Gasteiger partial charge is 0.326 e. The van der Waals surface area contributed by atoms with Crippen molar-refractivity contribution >= 4 is 12.0 Å². The van der Waals surface area contributed by atoms with Crippen molar-refractivity contribution in [2.75, 3.05) is 6.54 Å². The van der Waals surface area contributed by atoms with Gasteiger partial charge >= 0.3 is 12.0 Å². The Balaban J connectivity index is 1.76. The topological polar surface area (TPSA) is 125 Å². The number of carbonyl (C=O) groups excluding carboxylic acids is 1. The number of hydrogen-bond donors (Lipinski definition) is 3. The van der Waals surface area contributed by atoms with Crippen molar-refractivity contribution in [2.24, 2.45) is 7.05 Å². The highest BCUT2D eigenvalue weighted by atomic mass is 16.4. The minimum absolute atomic E-state index is 0.0891. The summed E-state index contributed by atoms with van der Waals surface area (Å²) in [7, 11) is 1.53. The fourth-order valence-corrected chi connectivity index (χ4v) is 3.88. The van der Waals surface area contributed by atoms with E-state index in [1.54, 1.807) is 29.2 Å². The van der Waals surface area contributed by atoms with Gasteiger partial charge in [-0.3, -0.25) is 4.79 Å². The van der Waals surface area contributed by atoms with E-state index in [-0.39, 0.29) is 30.7 Å². The molecular formula is C22H28N4O5. The van der Waals surface area contributed by atoms with Crippen LogP contribution in [0.2, 0.25) is 0 Å². The minimum Gasteiger partial charge on any atom is -0.480 e. The Bertz CT molecular complexity index is 1000. The second kappa shape index (κ2) is 9.74. The number of amides is 2. The van der Waals surface area contributed by atoms with Gasteiger partial charge in [-0.1, -0.05) is 24.3 Å². The van der Waals surface area contributed by atoms with Crippen LogP contribution in [-0.2, 0) is 24.9 Å². The second-order valence-electron chi connectivity index (χ2n) is 7.91. The van der Waals surface area contributed by atoms with E-state index in [2.05, 4.69) is 10.4 Å². The number of benzene rings is 1. The first-order valence-corrected chi connectivity index (χ1v) is 10.4. The largest absolute Gasteiger partial charge is 0.480 e. The number of carbonyl (C=O) groups is 2. The highest BCUT2D eigenvalue weighted by molar-refractivity contribution is 5.83. The number of rotatable bonds is 6. The summed E-state index contributed by atoms with van der Waals surface area (Å²) in [6.45, 7) is 2.28. The quantitative estimate of drug-likeness (QED) is 0.641. The maximum atomic E-state index is 12.6. The Labute approximate surface area is 180 Å². The Kier molecular flexibility index (Phi) is 7.06. The van der Waals surface area contributed by atoms with E-state index in [0.29, 0.717) is 28.8 Å². The molecule has 166 valence electrons. The lowest BCUT2D eigenvalue weighted by molar-refractivity contribution is -0.139. The van der Waals surface area contributed by atoms with Gasteiger partial charge in [-0.05, 0) is 37.3 Å². The van der Waals surface area contributed by atoms with E-state index < -0.39 is 12.0 Å². The number of aliphatic hydroxyl groups is 1. The van der Waals surface area contributed by atoms with Gasteiger partial charge in [0.15, 0.2) is 0 Å². The van der Waals surface area contributed by atoms with Crippen LogP contribution in [0.25, 0.3) is 11.1 Å². The molecular weight excluding hydrogens is 400 g/mol. The molecule has 1 unspecified atom stereocenters. The summed E-state index contributed by atoms with van der Waals surface area (Å²) in [5, 5.41) is 25.7. The molecule has 0 spiro atoms. The van der Waals surface area contributed by atoms with Crippen LogP contribution in [0.3, 0.4) is 0 Å². The van der Waals surface area contributed by atoms with Crippen LogP contribution in [0.1, 0.15) is 37.3 Å². The zero-order valence-corrected chi connectivity index (χ0v) is 17.7. The van der Waals surface area contributed by atoms with E-state index in [1.165, 1.54) is 17.9 Å². The van der Waals surface area contributed by atoms with Gasteiger partial charge in [0.1, 0.15) is 6.04 Å². The van der Waals surface area contributed by atoms with Crippen molar-refractivity contribution < 1.29 is 19.8 Å². The molecule has 31 heavy (non-hydrogen) atoms. The average Bonchev–Trinajstić information content (AvgIpc) is 2.76. The molecule has 1 fully saturated rings. The van der Waals surface area contributed by atoms with Crippen molar-refractivity contribution in [3.63, 3.8) is 0 Å². The number of aliphatic carboxylic acids is 1. The molecule has 2 amide bonds. The number of aliphatic hydroxyl groups excluding tert-OH is 1. The van der Waals surface area contributed by atoms with Crippen LogP contribution in [0, 0.1) is 0 Å². The van der Waals surface area contributed by atoms with Crippen LogP contribution in [0.4, 0.5) is 4.79 Å². The number of aryl methyl sites for hydroxylation is 1. The molecule has 2 heterocycles. The van der Waals surface area contributed by atoms with Gasteiger partial charge in [-0.2, -0.15) is 5.10 Å². The Morgan fingerprint density at radius 2 is 1.97 bits per heavy atom. The number of aromatic nitrogens is 2. The number of carboxylic acid groups (broad SMARTS) is 1. The zero-order chi connectivity index (χ0) is 22.5. The first-order valence-electron chi connectivity index (χ1n) is 10.4. The van der Waals surface area contributed by atoms with Gasteiger partial charge < -0.3 is 20.4 Å². The SMILES string of the molecule is CC1CCCCN1C(=O)N[C@@H](Cc1ccc(-c2c(CO)cnn(C)c2=O)cc1)C(=O)O.